The molecule has 7 fully saturated rings. The van der Waals surface area contributed by atoms with Crippen LogP contribution in [0.4, 0.5) is 0 Å². The van der Waals surface area contributed by atoms with Crippen LogP contribution >= 0.6 is 0 Å². The first-order valence-electron chi connectivity index (χ1n) is 19.9. The van der Waals surface area contributed by atoms with Crippen LogP contribution in [0, 0.1) is 28.1 Å². The van der Waals surface area contributed by atoms with Crippen molar-refractivity contribution in [3.8, 4) is 0 Å². The second-order valence-corrected chi connectivity index (χ2v) is 18.0. The van der Waals surface area contributed by atoms with Gasteiger partial charge in [-0.15, -0.1) is 0 Å². The van der Waals surface area contributed by atoms with Crippen LogP contribution in [0.15, 0.2) is 12.2 Å². The highest BCUT2D eigenvalue weighted by Gasteiger charge is 2.69. The molecule has 18 nitrogen and oxygen atoms in total. The van der Waals surface area contributed by atoms with E-state index in [-0.39, 0.29) is 22.7 Å². The maximum atomic E-state index is 14.1. The monoisotopic (exact) mass is 804 g/mol. The first kappa shape index (κ1) is 42.7. The Morgan fingerprint density at radius 2 is 1.21 bits per heavy atom. The number of ether oxygens (including phenoxy) is 6. The lowest BCUT2D eigenvalue weighted by Crippen LogP contribution is -2.65. The van der Waals surface area contributed by atoms with Crippen molar-refractivity contribution in [2.75, 3.05) is 19.8 Å². The number of hydrogen-bond acceptors (Lipinski definition) is 18. The molecule has 7 rings (SSSR count). The zero-order valence-corrected chi connectivity index (χ0v) is 31.8. The van der Waals surface area contributed by atoms with Gasteiger partial charge in [-0.05, 0) is 86.5 Å². The van der Waals surface area contributed by atoms with Gasteiger partial charge < -0.3 is 84.6 Å². The van der Waals surface area contributed by atoms with Gasteiger partial charge in [-0.25, -0.2) is 0 Å². The maximum absolute atomic E-state index is 14.1. The highest BCUT2D eigenvalue weighted by molar-refractivity contribution is 5.77. The van der Waals surface area contributed by atoms with Gasteiger partial charge in [-0.1, -0.05) is 19.9 Å². The molecule has 1 spiro atoms. The largest absolute Gasteiger partial charge is 0.432 e. The third kappa shape index (κ3) is 6.69. The first-order chi connectivity index (χ1) is 26.4. The van der Waals surface area contributed by atoms with E-state index < -0.39 is 129 Å². The zero-order valence-electron chi connectivity index (χ0n) is 31.8. The lowest BCUT2D eigenvalue weighted by molar-refractivity contribution is -0.378. The quantitative estimate of drug-likeness (QED) is 0.0631. The Morgan fingerprint density at radius 1 is 0.679 bits per heavy atom. The van der Waals surface area contributed by atoms with Crippen LogP contribution in [0.3, 0.4) is 0 Å². The van der Waals surface area contributed by atoms with Crippen LogP contribution < -0.4 is 0 Å². The van der Waals surface area contributed by atoms with Crippen molar-refractivity contribution in [3.63, 3.8) is 0 Å². The van der Waals surface area contributed by atoms with Crippen LogP contribution in [0.2, 0.25) is 0 Å². The van der Waals surface area contributed by atoms with Gasteiger partial charge in [0.05, 0.1) is 30.8 Å². The van der Waals surface area contributed by atoms with Crippen LogP contribution in [0.5, 0.6) is 0 Å². The summed E-state index contributed by atoms with van der Waals surface area (Å²) in [5.74, 6) is -0.591. The normalized spacial score (nSPS) is 54.6. The number of fused-ring (bicyclic) bond motifs is 3. The third-order valence-electron chi connectivity index (χ3n) is 15.0. The topological polar surface area (TPSA) is 295 Å². The standard InChI is InChI=1S/C38H60O18/c1-16-11-37-9-5-20-35(2,7-4-8-36(20,3)34(50)55-32-29(49)26(46)23(43)18(13-40)52-32)21(37)6-10-38(16,15-37)56-33-30(27(47)24(44)19(14-41)53-33)54-31-28(48)25(45)22(42)17(12-39)51-31/h17-33,39-49H,1,4-15H2,2-3H3/t17-,18-,19-,20-,21+,22-,23+,24+,25+,26+,27+,28-,29+,30-,31+,32+,33-,35-,36-,37-,38-/m1/s1. The van der Waals surface area contributed by atoms with Gasteiger partial charge in [-0.3, -0.25) is 4.79 Å². The summed E-state index contributed by atoms with van der Waals surface area (Å²) in [5, 5.41) is 114. The summed E-state index contributed by atoms with van der Waals surface area (Å²) in [7, 11) is 0. The van der Waals surface area contributed by atoms with E-state index in [9.17, 15) is 61.0 Å². The summed E-state index contributed by atoms with van der Waals surface area (Å²) in [6.45, 7) is 6.52. The summed E-state index contributed by atoms with van der Waals surface area (Å²) >= 11 is 0. The van der Waals surface area contributed by atoms with E-state index in [4.69, 9.17) is 28.4 Å². The Morgan fingerprint density at radius 3 is 1.82 bits per heavy atom. The van der Waals surface area contributed by atoms with Crippen molar-refractivity contribution < 1.29 is 89.4 Å². The zero-order chi connectivity index (χ0) is 40.7. The number of carbonyl (C=O) groups excluding carboxylic acids is 1. The fraction of sp³-hybridized carbons (Fsp3) is 0.921. The van der Waals surface area contributed by atoms with E-state index in [1.807, 2.05) is 6.92 Å². The van der Waals surface area contributed by atoms with Crippen molar-refractivity contribution in [2.24, 2.45) is 28.1 Å². The summed E-state index contributed by atoms with van der Waals surface area (Å²) in [5.41, 5.74) is -1.80. The summed E-state index contributed by atoms with van der Waals surface area (Å²) in [6.07, 6.45) is -17.8. The average molecular weight is 805 g/mol. The van der Waals surface area contributed by atoms with E-state index in [0.717, 1.165) is 18.4 Å². The highest BCUT2D eigenvalue weighted by Crippen LogP contribution is 2.73. The van der Waals surface area contributed by atoms with Gasteiger partial charge >= 0.3 is 5.97 Å². The molecule has 0 radical (unpaired) electrons. The molecular formula is C38H60O18. The molecule has 18 heteroatoms. The number of carbonyl (C=O) groups is 1. The molecule has 0 aromatic carbocycles. The van der Waals surface area contributed by atoms with Gasteiger partial charge in [0.2, 0.25) is 6.29 Å². The maximum Gasteiger partial charge on any atom is 0.314 e. The van der Waals surface area contributed by atoms with Crippen molar-refractivity contribution in [2.45, 2.75) is 169 Å². The van der Waals surface area contributed by atoms with Crippen LogP contribution in [-0.4, -0.2) is 180 Å². The first-order valence-corrected chi connectivity index (χ1v) is 19.9. The van der Waals surface area contributed by atoms with Crippen molar-refractivity contribution in [1.29, 1.82) is 0 Å². The molecular weight excluding hydrogens is 744 g/mol. The molecule has 0 aromatic heterocycles. The smallest absolute Gasteiger partial charge is 0.314 e. The summed E-state index contributed by atoms with van der Waals surface area (Å²) in [4.78, 5) is 14.1. The van der Waals surface area contributed by atoms with Gasteiger partial charge in [-0.2, -0.15) is 0 Å². The molecule has 0 amide bonds. The third-order valence-corrected chi connectivity index (χ3v) is 15.0. The van der Waals surface area contributed by atoms with Crippen LogP contribution in [-0.2, 0) is 33.2 Å². The minimum absolute atomic E-state index is 0.121. The number of rotatable bonds is 9. The van der Waals surface area contributed by atoms with Crippen molar-refractivity contribution >= 4 is 5.97 Å². The predicted molar refractivity (Wildman–Crippen MR) is 186 cm³/mol. The second kappa shape index (κ2) is 15.6. The fourth-order valence-corrected chi connectivity index (χ4v) is 12.0. The molecule has 2 bridgehead atoms. The van der Waals surface area contributed by atoms with Crippen molar-refractivity contribution in [3.05, 3.63) is 12.2 Å². The van der Waals surface area contributed by atoms with E-state index in [2.05, 4.69) is 13.5 Å². The lowest BCUT2D eigenvalue weighted by Gasteiger charge is -2.64. The molecule has 0 aromatic rings. The van der Waals surface area contributed by atoms with Gasteiger partial charge in [0, 0.05) is 0 Å². The molecule has 320 valence electrons. The number of hydrogen-bond donors (Lipinski definition) is 11. The number of esters is 1. The van der Waals surface area contributed by atoms with E-state index >= 15 is 0 Å². The van der Waals surface area contributed by atoms with Gasteiger partial charge in [0.1, 0.15) is 73.2 Å². The summed E-state index contributed by atoms with van der Waals surface area (Å²) in [6, 6.07) is 0. The molecule has 56 heavy (non-hydrogen) atoms. The average Bonchev–Trinajstić information content (AvgIpc) is 3.37. The molecule has 3 aliphatic heterocycles. The minimum Gasteiger partial charge on any atom is -0.432 e. The highest BCUT2D eigenvalue weighted by atomic mass is 16.8. The molecule has 4 saturated carbocycles. The molecule has 11 N–H and O–H groups in total. The Hall–Kier alpha value is -1.43. The Labute approximate surface area is 324 Å². The lowest BCUT2D eigenvalue weighted by atomic mass is 9.41. The molecule has 0 unspecified atom stereocenters. The van der Waals surface area contributed by atoms with Crippen LogP contribution in [0.25, 0.3) is 0 Å². The van der Waals surface area contributed by atoms with Crippen molar-refractivity contribution in [1.82, 2.24) is 0 Å². The summed E-state index contributed by atoms with van der Waals surface area (Å²) < 4.78 is 35.6. The molecule has 7 aliphatic rings. The van der Waals surface area contributed by atoms with E-state index in [1.54, 1.807) is 0 Å². The van der Waals surface area contributed by atoms with Gasteiger partial charge in [0.25, 0.3) is 0 Å². The molecule has 3 heterocycles. The molecule has 21 atom stereocenters. The second-order valence-electron chi connectivity index (χ2n) is 18.0. The Bertz CT molecular complexity index is 1450. The molecule has 4 aliphatic carbocycles. The van der Waals surface area contributed by atoms with E-state index in [1.165, 1.54) is 0 Å². The fourth-order valence-electron chi connectivity index (χ4n) is 12.0. The van der Waals surface area contributed by atoms with E-state index in [0.29, 0.717) is 44.9 Å². The SMILES string of the molecule is C=C1C[C@@]23CC[C@@H]4[C@@](C)(CCC[C@@]4(C)C(=O)O[C@@H]4O[C@H](CO)[C@H](O)[C@H](O)[C@@H]4O)[C@@H]2CC[C@@]1(O[C@H]1O[C@H](CO)[C@H](O)[C@H](O)[C@H]1O[C@@H]1O[C@H](CO)[C@@H](O)[C@H](O)[C@H]1O)C3. The van der Waals surface area contributed by atoms with Gasteiger partial charge in [0.15, 0.2) is 12.6 Å². The number of aliphatic hydroxyl groups is 11. The van der Waals surface area contributed by atoms with Crippen LogP contribution in [0.1, 0.15) is 71.6 Å². The number of aliphatic hydroxyl groups excluding tert-OH is 11. The minimum atomic E-state index is -1.81. The Balaban J connectivity index is 1.10. The molecule has 3 saturated heterocycles. The predicted octanol–water partition coefficient (Wildman–Crippen LogP) is -2.94. The Kier molecular flexibility index (Phi) is 11.9.